The average Bonchev–Trinajstić information content (AvgIpc) is 2.10. The zero-order chi connectivity index (χ0) is 10.3. The molecule has 76 valence electrons. The van der Waals surface area contributed by atoms with Crippen LogP contribution in [-0.4, -0.2) is 32.0 Å². The molecule has 0 aromatic carbocycles. The maximum Gasteiger partial charge on any atom is 0.336 e. The van der Waals surface area contributed by atoms with Crippen LogP contribution in [0.25, 0.3) is 0 Å². The zero-order valence-corrected chi connectivity index (χ0v) is 8.01. The number of alkyl halides is 1. The second-order valence-electron chi connectivity index (χ2n) is 2.79. The Balaban J connectivity index is 3.43. The molecular formula is C9H15FO3. The van der Waals surface area contributed by atoms with Crippen LogP contribution in [0.5, 0.6) is 0 Å². The minimum absolute atomic E-state index is 0.100. The summed E-state index contributed by atoms with van der Waals surface area (Å²) in [7, 11) is 0. The minimum atomic E-state index is -0.871. The lowest BCUT2D eigenvalue weighted by atomic mass is 10.3. The Morgan fingerprint density at radius 3 is 2.54 bits per heavy atom. The van der Waals surface area contributed by atoms with Gasteiger partial charge in [-0.1, -0.05) is 6.58 Å². The highest BCUT2D eigenvalue weighted by atomic mass is 19.1. The minimum Gasteiger partial charge on any atom is -0.460 e. The van der Waals surface area contributed by atoms with Gasteiger partial charge < -0.3 is 9.47 Å². The summed E-state index contributed by atoms with van der Waals surface area (Å²) in [5, 5.41) is 0. The van der Waals surface area contributed by atoms with Gasteiger partial charge in [-0.05, 0) is 13.8 Å². The first-order valence-corrected chi connectivity index (χ1v) is 4.10. The second-order valence-corrected chi connectivity index (χ2v) is 2.79. The van der Waals surface area contributed by atoms with E-state index >= 15 is 0 Å². The van der Waals surface area contributed by atoms with E-state index in [2.05, 4.69) is 11.3 Å². The Bertz CT molecular complexity index is 178. The van der Waals surface area contributed by atoms with E-state index in [-0.39, 0.29) is 18.3 Å². The molecule has 0 aliphatic heterocycles. The predicted molar refractivity (Wildman–Crippen MR) is 47.2 cm³/mol. The number of rotatable bonds is 6. The van der Waals surface area contributed by atoms with Crippen molar-refractivity contribution in [2.75, 3.05) is 19.9 Å². The molecule has 0 aromatic heterocycles. The number of carbonyl (C=O) groups excluding carboxylic acids is 1. The molecule has 0 aliphatic rings. The van der Waals surface area contributed by atoms with Crippen LogP contribution in [0.15, 0.2) is 12.2 Å². The molecule has 13 heavy (non-hydrogen) atoms. The quantitative estimate of drug-likeness (QED) is 0.361. The monoisotopic (exact) mass is 190 g/mol. The van der Waals surface area contributed by atoms with Crippen LogP contribution in [0.4, 0.5) is 4.39 Å². The van der Waals surface area contributed by atoms with Crippen LogP contribution >= 0.6 is 0 Å². The molecule has 0 bridgehead atoms. The molecule has 0 unspecified atom stereocenters. The SMILES string of the molecule is C=C(CF)C(=O)OCCOC(C)C. The molecule has 0 amide bonds. The highest BCUT2D eigenvalue weighted by Crippen LogP contribution is 1.95. The van der Waals surface area contributed by atoms with Gasteiger partial charge in [0.1, 0.15) is 13.3 Å². The lowest BCUT2D eigenvalue weighted by Crippen LogP contribution is -2.15. The Morgan fingerprint density at radius 1 is 1.46 bits per heavy atom. The van der Waals surface area contributed by atoms with E-state index in [1.54, 1.807) is 0 Å². The average molecular weight is 190 g/mol. The van der Waals surface area contributed by atoms with Crippen molar-refractivity contribution >= 4 is 5.97 Å². The van der Waals surface area contributed by atoms with Crippen LogP contribution in [-0.2, 0) is 14.3 Å². The van der Waals surface area contributed by atoms with Crippen LogP contribution < -0.4 is 0 Å². The zero-order valence-electron chi connectivity index (χ0n) is 8.01. The van der Waals surface area contributed by atoms with Crippen molar-refractivity contribution in [3.8, 4) is 0 Å². The van der Waals surface area contributed by atoms with E-state index in [1.165, 1.54) is 0 Å². The molecule has 0 aliphatic carbocycles. The van der Waals surface area contributed by atoms with Crippen molar-refractivity contribution in [3.05, 3.63) is 12.2 Å². The largest absolute Gasteiger partial charge is 0.460 e. The Hall–Kier alpha value is -0.900. The summed E-state index contributed by atoms with van der Waals surface area (Å²) < 4.78 is 21.6. The van der Waals surface area contributed by atoms with Gasteiger partial charge in [-0.2, -0.15) is 0 Å². The number of hydrogen-bond donors (Lipinski definition) is 0. The van der Waals surface area contributed by atoms with E-state index < -0.39 is 12.6 Å². The van der Waals surface area contributed by atoms with Crippen LogP contribution in [0, 0.1) is 0 Å². The first-order valence-electron chi connectivity index (χ1n) is 4.10. The smallest absolute Gasteiger partial charge is 0.336 e. The predicted octanol–water partition coefficient (Wildman–Crippen LogP) is 1.48. The van der Waals surface area contributed by atoms with Gasteiger partial charge in [-0.25, -0.2) is 9.18 Å². The van der Waals surface area contributed by atoms with E-state index in [1.807, 2.05) is 13.8 Å². The normalized spacial score (nSPS) is 10.2. The molecule has 0 saturated carbocycles. The molecule has 0 atom stereocenters. The highest BCUT2D eigenvalue weighted by Gasteiger charge is 2.07. The summed E-state index contributed by atoms with van der Waals surface area (Å²) in [5.74, 6) is -0.699. The first kappa shape index (κ1) is 12.1. The van der Waals surface area contributed by atoms with Gasteiger partial charge in [0.05, 0.1) is 18.3 Å². The summed E-state index contributed by atoms with van der Waals surface area (Å²) in [6, 6.07) is 0. The van der Waals surface area contributed by atoms with E-state index in [0.29, 0.717) is 6.61 Å². The van der Waals surface area contributed by atoms with Gasteiger partial charge in [-0.3, -0.25) is 0 Å². The number of halogens is 1. The Morgan fingerprint density at radius 2 is 2.08 bits per heavy atom. The Labute approximate surface area is 77.5 Å². The maximum atomic E-state index is 11.8. The van der Waals surface area contributed by atoms with Crippen LogP contribution in [0.1, 0.15) is 13.8 Å². The molecule has 3 nitrogen and oxygen atoms in total. The van der Waals surface area contributed by atoms with Gasteiger partial charge in [0.15, 0.2) is 0 Å². The van der Waals surface area contributed by atoms with Crippen molar-refractivity contribution in [1.82, 2.24) is 0 Å². The van der Waals surface area contributed by atoms with Crippen molar-refractivity contribution < 1.29 is 18.7 Å². The molecule has 0 aromatic rings. The topological polar surface area (TPSA) is 35.5 Å². The van der Waals surface area contributed by atoms with Gasteiger partial charge in [0.25, 0.3) is 0 Å². The first-order chi connectivity index (χ1) is 6.07. The summed E-state index contributed by atoms with van der Waals surface area (Å²) in [5.41, 5.74) is -0.162. The Kier molecular flexibility index (Phi) is 6.14. The molecule has 0 rings (SSSR count). The standard InChI is InChI=1S/C9H15FO3/c1-7(2)12-4-5-13-9(11)8(3)6-10/h7H,3-6H2,1-2H3. The van der Waals surface area contributed by atoms with Gasteiger partial charge in [-0.15, -0.1) is 0 Å². The molecule has 0 N–H and O–H groups in total. The van der Waals surface area contributed by atoms with Crippen molar-refractivity contribution in [1.29, 1.82) is 0 Å². The molecule has 0 heterocycles. The molecule has 4 heteroatoms. The third kappa shape index (κ3) is 6.28. The lowest BCUT2D eigenvalue weighted by molar-refractivity contribution is -0.141. The van der Waals surface area contributed by atoms with Gasteiger partial charge >= 0.3 is 5.97 Å². The number of hydrogen-bond acceptors (Lipinski definition) is 3. The maximum absolute atomic E-state index is 11.8. The van der Waals surface area contributed by atoms with Crippen molar-refractivity contribution in [2.45, 2.75) is 20.0 Å². The van der Waals surface area contributed by atoms with E-state index in [0.717, 1.165) is 0 Å². The second kappa shape index (κ2) is 6.60. The molecule has 0 fully saturated rings. The number of esters is 1. The summed E-state index contributed by atoms with van der Waals surface area (Å²) in [6.45, 7) is 6.54. The van der Waals surface area contributed by atoms with Gasteiger partial charge in [0.2, 0.25) is 0 Å². The van der Waals surface area contributed by atoms with Crippen molar-refractivity contribution in [3.63, 3.8) is 0 Å². The third-order valence-corrected chi connectivity index (χ3v) is 1.22. The van der Waals surface area contributed by atoms with Crippen LogP contribution in [0.2, 0.25) is 0 Å². The van der Waals surface area contributed by atoms with Crippen LogP contribution in [0.3, 0.4) is 0 Å². The summed E-state index contributed by atoms with van der Waals surface area (Å²) >= 11 is 0. The molecule has 0 radical (unpaired) electrons. The highest BCUT2D eigenvalue weighted by molar-refractivity contribution is 5.87. The lowest BCUT2D eigenvalue weighted by Gasteiger charge is -2.07. The number of ether oxygens (including phenoxy) is 2. The molecule has 0 saturated heterocycles. The molecule has 0 spiro atoms. The number of carbonyl (C=O) groups is 1. The molecular weight excluding hydrogens is 175 g/mol. The van der Waals surface area contributed by atoms with Crippen molar-refractivity contribution in [2.24, 2.45) is 0 Å². The third-order valence-electron chi connectivity index (χ3n) is 1.22. The van der Waals surface area contributed by atoms with E-state index in [9.17, 15) is 9.18 Å². The summed E-state index contributed by atoms with van der Waals surface area (Å²) in [6.07, 6.45) is 0.100. The fraction of sp³-hybridized carbons (Fsp3) is 0.667. The van der Waals surface area contributed by atoms with E-state index in [4.69, 9.17) is 4.74 Å². The van der Waals surface area contributed by atoms with Gasteiger partial charge in [0, 0.05) is 0 Å². The fourth-order valence-electron chi connectivity index (χ4n) is 0.575. The summed E-state index contributed by atoms with van der Waals surface area (Å²) in [4.78, 5) is 10.8. The fourth-order valence-corrected chi connectivity index (χ4v) is 0.575.